The van der Waals surface area contributed by atoms with Gasteiger partial charge in [0.15, 0.2) is 0 Å². The number of nitrogens with one attached hydrogen (secondary N) is 1. The number of amides is 1. The normalized spacial score (nSPS) is 15.8. The van der Waals surface area contributed by atoms with Crippen molar-refractivity contribution in [1.29, 1.82) is 0 Å². The summed E-state index contributed by atoms with van der Waals surface area (Å²) in [5.74, 6) is 0.512. The third-order valence-corrected chi connectivity index (χ3v) is 2.61. The van der Waals surface area contributed by atoms with E-state index in [-0.39, 0.29) is 11.9 Å². The fourth-order valence-corrected chi connectivity index (χ4v) is 1.72. The molecular weight excluding hydrogens is 232 g/mol. The van der Waals surface area contributed by atoms with Gasteiger partial charge in [0.05, 0.1) is 18.8 Å². The quantitative estimate of drug-likeness (QED) is 0.858. The van der Waals surface area contributed by atoms with E-state index in [9.17, 15) is 4.79 Å². The second-order valence-electron chi connectivity index (χ2n) is 4.50. The first-order valence-corrected chi connectivity index (χ1v) is 6.12. The number of ether oxygens (including phenoxy) is 1. The maximum atomic E-state index is 12.1. The molecule has 1 aliphatic rings. The standard InChI is InChI=1S/C12H18N4O2/c1-9(2)15-12-13-7-10(8-14-12)11(17)16-3-5-18-6-4-16/h7-9H,3-6H2,1-2H3,(H,13,14,15). The first-order valence-electron chi connectivity index (χ1n) is 6.12. The van der Waals surface area contributed by atoms with Crippen molar-refractivity contribution in [1.82, 2.24) is 14.9 Å². The summed E-state index contributed by atoms with van der Waals surface area (Å²) < 4.78 is 5.21. The highest BCUT2D eigenvalue weighted by Crippen LogP contribution is 2.07. The highest BCUT2D eigenvalue weighted by Gasteiger charge is 2.19. The van der Waals surface area contributed by atoms with Crippen molar-refractivity contribution in [3.8, 4) is 0 Å². The molecule has 0 aromatic carbocycles. The number of hydrogen-bond donors (Lipinski definition) is 1. The van der Waals surface area contributed by atoms with Crippen LogP contribution in [0.2, 0.25) is 0 Å². The molecule has 18 heavy (non-hydrogen) atoms. The van der Waals surface area contributed by atoms with Crippen LogP contribution in [0.25, 0.3) is 0 Å². The molecule has 0 radical (unpaired) electrons. The minimum absolute atomic E-state index is 0.0330. The van der Waals surface area contributed by atoms with Crippen molar-refractivity contribution in [2.75, 3.05) is 31.6 Å². The molecule has 1 fully saturated rings. The fourth-order valence-electron chi connectivity index (χ4n) is 1.72. The van der Waals surface area contributed by atoms with Gasteiger partial charge in [0.25, 0.3) is 5.91 Å². The lowest BCUT2D eigenvalue weighted by Gasteiger charge is -2.26. The lowest BCUT2D eigenvalue weighted by Crippen LogP contribution is -2.40. The lowest BCUT2D eigenvalue weighted by atomic mass is 10.3. The van der Waals surface area contributed by atoms with E-state index in [1.165, 1.54) is 0 Å². The van der Waals surface area contributed by atoms with Crippen LogP contribution in [0.15, 0.2) is 12.4 Å². The Balaban J connectivity index is 2.02. The number of carbonyl (C=O) groups is 1. The number of aromatic nitrogens is 2. The van der Waals surface area contributed by atoms with Gasteiger partial charge in [-0.2, -0.15) is 0 Å². The maximum Gasteiger partial charge on any atom is 0.257 e. The average molecular weight is 250 g/mol. The Morgan fingerprint density at radius 2 is 1.94 bits per heavy atom. The Hall–Kier alpha value is -1.69. The molecule has 1 saturated heterocycles. The molecule has 6 heteroatoms. The number of carbonyl (C=O) groups excluding carboxylic acids is 1. The molecule has 0 unspecified atom stereocenters. The predicted molar refractivity (Wildman–Crippen MR) is 67.5 cm³/mol. The van der Waals surface area contributed by atoms with Gasteiger partial charge in [-0.15, -0.1) is 0 Å². The number of hydrogen-bond acceptors (Lipinski definition) is 5. The maximum absolute atomic E-state index is 12.1. The number of nitrogens with zero attached hydrogens (tertiary/aromatic N) is 3. The summed E-state index contributed by atoms with van der Waals surface area (Å²) in [7, 11) is 0. The molecule has 6 nitrogen and oxygen atoms in total. The summed E-state index contributed by atoms with van der Waals surface area (Å²) >= 11 is 0. The number of anilines is 1. The van der Waals surface area contributed by atoms with E-state index in [0.717, 1.165) is 0 Å². The van der Waals surface area contributed by atoms with E-state index >= 15 is 0 Å². The minimum Gasteiger partial charge on any atom is -0.378 e. The molecular formula is C12H18N4O2. The molecule has 2 rings (SSSR count). The zero-order valence-corrected chi connectivity index (χ0v) is 10.7. The summed E-state index contributed by atoms with van der Waals surface area (Å²) in [5.41, 5.74) is 0.520. The molecule has 1 N–H and O–H groups in total. The van der Waals surface area contributed by atoms with Crippen LogP contribution in [0.4, 0.5) is 5.95 Å². The van der Waals surface area contributed by atoms with Crippen LogP contribution in [0.1, 0.15) is 24.2 Å². The first kappa shape index (κ1) is 12.8. The highest BCUT2D eigenvalue weighted by atomic mass is 16.5. The van der Waals surface area contributed by atoms with E-state index in [2.05, 4.69) is 15.3 Å². The van der Waals surface area contributed by atoms with E-state index in [1.807, 2.05) is 13.8 Å². The second-order valence-corrected chi connectivity index (χ2v) is 4.50. The second kappa shape index (κ2) is 5.77. The first-order chi connectivity index (χ1) is 8.66. The van der Waals surface area contributed by atoms with Crippen molar-refractivity contribution >= 4 is 11.9 Å². The molecule has 1 aliphatic heterocycles. The van der Waals surface area contributed by atoms with E-state index in [1.54, 1.807) is 17.3 Å². The number of rotatable bonds is 3. The Labute approximate surface area is 106 Å². The minimum atomic E-state index is -0.0330. The highest BCUT2D eigenvalue weighted by molar-refractivity contribution is 5.93. The van der Waals surface area contributed by atoms with E-state index in [4.69, 9.17) is 4.74 Å². The van der Waals surface area contributed by atoms with Crippen molar-refractivity contribution in [3.05, 3.63) is 18.0 Å². The molecule has 0 saturated carbocycles. The smallest absolute Gasteiger partial charge is 0.257 e. The third kappa shape index (κ3) is 3.16. The average Bonchev–Trinajstić information content (AvgIpc) is 2.39. The molecule has 0 aliphatic carbocycles. The van der Waals surface area contributed by atoms with Crippen LogP contribution in [0.3, 0.4) is 0 Å². The SMILES string of the molecule is CC(C)Nc1ncc(C(=O)N2CCOCC2)cn1. The molecule has 0 atom stereocenters. The van der Waals surface area contributed by atoms with Crippen LogP contribution in [-0.2, 0) is 4.74 Å². The van der Waals surface area contributed by atoms with Gasteiger partial charge in [-0.1, -0.05) is 0 Å². The zero-order chi connectivity index (χ0) is 13.0. The van der Waals surface area contributed by atoms with Gasteiger partial charge < -0.3 is 15.0 Å². The van der Waals surface area contributed by atoms with E-state index < -0.39 is 0 Å². The Morgan fingerprint density at radius 3 is 2.50 bits per heavy atom. The van der Waals surface area contributed by atoms with Crippen LogP contribution >= 0.6 is 0 Å². The number of morpholine rings is 1. The van der Waals surface area contributed by atoms with Crippen molar-refractivity contribution in [2.45, 2.75) is 19.9 Å². The van der Waals surface area contributed by atoms with Crippen molar-refractivity contribution < 1.29 is 9.53 Å². The van der Waals surface area contributed by atoms with E-state index in [0.29, 0.717) is 37.8 Å². The summed E-state index contributed by atoms with van der Waals surface area (Å²) in [5, 5.41) is 3.08. The van der Waals surface area contributed by atoms with Crippen LogP contribution in [0.5, 0.6) is 0 Å². The molecule has 2 heterocycles. The molecule has 0 bridgehead atoms. The molecule has 1 aromatic heterocycles. The lowest BCUT2D eigenvalue weighted by molar-refractivity contribution is 0.0302. The zero-order valence-electron chi connectivity index (χ0n) is 10.7. The van der Waals surface area contributed by atoms with Gasteiger partial charge in [-0.05, 0) is 13.8 Å². The van der Waals surface area contributed by atoms with Gasteiger partial charge in [-0.25, -0.2) is 9.97 Å². The van der Waals surface area contributed by atoms with Gasteiger partial charge in [0, 0.05) is 31.5 Å². The summed E-state index contributed by atoms with van der Waals surface area (Å²) in [6.07, 6.45) is 3.13. The van der Waals surface area contributed by atoms with Gasteiger partial charge >= 0.3 is 0 Å². The molecule has 98 valence electrons. The summed E-state index contributed by atoms with van der Waals surface area (Å²) in [6.45, 7) is 6.47. The topological polar surface area (TPSA) is 67.4 Å². The summed E-state index contributed by atoms with van der Waals surface area (Å²) in [4.78, 5) is 22.1. The Morgan fingerprint density at radius 1 is 1.33 bits per heavy atom. The molecule has 0 spiro atoms. The predicted octanol–water partition coefficient (Wildman–Crippen LogP) is 0.769. The Bertz CT molecular complexity index is 399. The van der Waals surface area contributed by atoms with Crippen molar-refractivity contribution in [2.24, 2.45) is 0 Å². The summed E-state index contributed by atoms with van der Waals surface area (Å²) in [6, 6.07) is 0.269. The van der Waals surface area contributed by atoms with Gasteiger partial charge in [-0.3, -0.25) is 4.79 Å². The monoisotopic (exact) mass is 250 g/mol. The van der Waals surface area contributed by atoms with Gasteiger partial charge in [0.2, 0.25) is 5.95 Å². The molecule has 1 aromatic rings. The van der Waals surface area contributed by atoms with Crippen LogP contribution in [-0.4, -0.2) is 53.1 Å². The largest absolute Gasteiger partial charge is 0.378 e. The van der Waals surface area contributed by atoms with Crippen LogP contribution < -0.4 is 5.32 Å². The molecule has 1 amide bonds. The van der Waals surface area contributed by atoms with Crippen molar-refractivity contribution in [3.63, 3.8) is 0 Å². The van der Waals surface area contributed by atoms with Gasteiger partial charge in [0.1, 0.15) is 0 Å². The van der Waals surface area contributed by atoms with Crippen LogP contribution in [0, 0.1) is 0 Å². The Kier molecular flexibility index (Phi) is 4.09. The fraction of sp³-hybridized carbons (Fsp3) is 0.583. The third-order valence-electron chi connectivity index (χ3n) is 2.61.